The number of esters is 4. The van der Waals surface area contributed by atoms with Gasteiger partial charge in [0.1, 0.15) is 34.4 Å². The Kier molecular flexibility index (Phi) is 10.2. The third-order valence-electron chi connectivity index (χ3n) is 8.19. The summed E-state index contributed by atoms with van der Waals surface area (Å²) in [6.45, 7) is 1.78. The molecule has 3 aromatic rings. The number of ketones is 1. The molecular weight excluding hydrogens is 608 g/mol. The van der Waals surface area contributed by atoms with E-state index in [1.807, 2.05) is 6.08 Å². The van der Waals surface area contributed by atoms with Crippen molar-refractivity contribution in [1.82, 2.24) is 0 Å². The number of benzene rings is 2. The molecule has 2 aliphatic rings. The Hall–Kier alpha value is -5.19. The molecule has 11 nitrogen and oxygen atoms in total. The number of Topliss-reactive ketones (excluding diaryl/α,β-unsaturated/α-hetero) is 1. The SMILES string of the molecule is COC(=O)c1cc(C(=O)OC)cc(-c2ccc(C3CC(=O)Oc4cc5c(c(OC)c43)C(=O)O[C@@H](C)CCCC(=O)CCCC=C5)o2)c1. The van der Waals surface area contributed by atoms with E-state index in [-0.39, 0.29) is 40.4 Å². The molecule has 2 aliphatic heterocycles. The van der Waals surface area contributed by atoms with E-state index >= 15 is 0 Å². The summed E-state index contributed by atoms with van der Waals surface area (Å²) in [5, 5.41) is 0. The summed E-state index contributed by atoms with van der Waals surface area (Å²) >= 11 is 0. The van der Waals surface area contributed by atoms with Crippen LogP contribution < -0.4 is 9.47 Å². The number of ether oxygens (including phenoxy) is 5. The summed E-state index contributed by atoms with van der Waals surface area (Å²) in [5.74, 6) is -1.87. The zero-order chi connectivity index (χ0) is 33.7. The summed E-state index contributed by atoms with van der Waals surface area (Å²) in [4.78, 5) is 63.6. The first-order chi connectivity index (χ1) is 22.6. The maximum Gasteiger partial charge on any atom is 0.342 e. The number of furan rings is 1. The van der Waals surface area contributed by atoms with E-state index in [9.17, 15) is 24.0 Å². The van der Waals surface area contributed by atoms with Crippen LogP contribution in [0.3, 0.4) is 0 Å². The fraction of sp³-hybridized carbons (Fsp3) is 0.361. The largest absolute Gasteiger partial charge is 0.495 e. The first kappa shape index (κ1) is 33.2. The fourth-order valence-corrected chi connectivity index (χ4v) is 5.89. The second-order valence-corrected chi connectivity index (χ2v) is 11.4. The molecular formula is C36H36O11. The van der Waals surface area contributed by atoms with Gasteiger partial charge in [0.05, 0.1) is 50.9 Å². The number of carbonyl (C=O) groups excluding carboxylic acids is 5. The quantitative estimate of drug-likeness (QED) is 0.172. The molecule has 5 rings (SSSR count). The van der Waals surface area contributed by atoms with E-state index < -0.39 is 35.9 Å². The molecule has 1 aromatic heterocycles. The predicted octanol–water partition coefficient (Wildman–Crippen LogP) is 6.45. The van der Waals surface area contributed by atoms with Crippen LogP contribution in [0.15, 0.2) is 46.9 Å². The molecule has 0 aliphatic carbocycles. The average molecular weight is 645 g/mol. The molecule has 0 radical (unpaired) electrons. The molecule has 0 saturated carbocycles. The number of allylic oxidation sites excluding steroid dienone is 1. The van der Waals surface area contributed by atoms with Gasteiger partial charge in [0.25, 0.3) is 0 Å². The highest BCUT2D eigenvalue weighted by Crippen LogP contribution is 2.48. The molecule has 0 spiro atoms. The lowest BCUT2D eigenvalue weighted by Crippen LogP contribution is -2.24. The van der Waals surface area contributed by atoms with E-state index in [0.717, 1.165) is 0 Å². The van der Waals surface area contributed by atoms with Crippen LogP contribution >= 0.6 is 0 Å². The zero-order valence-corrected chi connectivity index (χ0v) is 26.7. The van der Waals surface area contributed by atoms with Gasteiger partial charge in [-0.15, -0.1) is 0 Å². The Morgan fingerprint density at radius 2 is 1.60 bits per heavy atom. The van der Waals surface area contributed by atoms with Crippen molar-refractivity contribution < 1.29 is 52.1 Å². The topological polar surface area (TPSA) is 145 Å². The molecule has 1 unspecified atom stereocenters. The number of fused-ring (bicyclic) bond motifs is 2. The molecule has 47 heavy (non-hydrogen) atoms. The van der Waals surface area contributed by atoms with Gasteiger partial charge >= 0.3 is 23.9 Å². The molecule has 11 heteroatoms. The third-order valence-corrected chi connectivity index (χ3v) is 8.19. The molecule has 0 amide bonds. The van der Waals surface area contributed by atoms with Crippen molar-refractivity contribution in [2.24, 2.45) is 0 Å². The molecule has 246 valence electrons. The highest BCUT2D eigenvalue weighted by Gasteiger charge is 2.37. The number of hydrogen-bond acceptors (Lipinski definition) is 11. The maximum absolute atomic E-state index is 13.7. The van der Waals surface area contributed by atoms with Crippen molar-refractivity contribution in [2.75, 3.05) is 21.3 Å². The lowest BCUT2D eigenvalue weighted by Gasteiger charge is -2.27. The van der Waals surface area contributed by atoms with Crippen LogP contribution in [0.5, 0.6) is 11.5 Å². The maximum atomic E-state index is 13.7. The summed E-state index contributed by atoms with van der Waals surface area (Å²) in [5.41, 5.74) is 1.71. The van der Waals surface area contributed by atoms with Crippen LogP contribution in [0.4, 0.5) is 0 Å². The van der Waals surface area contributed by atoms with Crippen LogP contribution in [0.1, 0.15) is 106 Å². The van der Waals surface area contributed by atoms with Crippen LogP contribution in [0, 0.1) is 0 Å². The number of methoxy groups -OCH3 is 3. The molecule has 3 heterocycles. The number of cyclic esters (lactones) is 1. The van der Waals surface area contributed by atoms with Gasteiger partial charge in [-0.1, -0.05) is 12.2 Å². The second kappa shape index (κ2) is 14.5. The Balaban J connectivity index is 1.60. The summed E-state index contributed by atoms with van der Waals surface area (Å²) in [6, 6.07) is 9.35. The summed E-state index contributed by atoms with van der Waals surface area (Å²) in [6.07, 6.45) is 6.39. The lowest BCUT2D eigenvalue weighted by atomic mass is 9.86. The molecule has 0 bridgehead atoms. The Morgan fingerprint density at radius 1 is 0.894 bits per heavy atom. The predicted molar refractivity (Wildman–Crippen MR) is 169 cm³/mol. The molecule has 0 saturated heterocycles. The van der Waals surface area contributed by atoms with Gasteiger partial charge in [-0.3, -0.25) is 9.59 Å². The number of carbonyl (C=O) groups is 5. The molecule has 0 fully saturated rings. The minimum absolute atomic E-state index is 0.111. The Morgan fingerprint density at radius 3 is 2.28 bits per heavy atom. The minimum atomic E-state index is -0.711. The van der Waals surface area contributed by atoms with Crippen molar-refractivity contribution in [3.05, 3.63) is 76.1 Å². The van der Waals surface area contributed by atoms with Crippen molar-refractivity contribution >= 4 is 35.7 Å². The van der Waals surface area contributed by atoms with E-state index in [0.29, 0.717) is 66.7 Å². The summed E-state index contributed by atoms with van der Waals surface area (Å²) < 4.78 is 33.3. The smallest absolute Gasteiger partial charge is 0.342 e. The molecule has 2 atom stereocenters. The zero-order valence-electron chi connectivity index (χ0n) is 26.7. The number of rotatable bonds is 5. The molecule has 2 aromatic carbocycles. The standard InChI is InChI=1S/C36H36O11/c1-20-9-8-12-25(37)11-7-5-6-10-21-18-29-32(33(42-2)31(21)36(41)45-20)26(19-30(38)47-29)28-14-13-27(46-28)22-15-23(34(39)43-3)17-24(16-22)35(40)44-4/h6,10,13-18,20,26H,5,7-9,11-12,19H2,1-4H3/t20-,26?/m0/s1. The van der Waals surface area contributed by atoms with Gasteiger partial charge in [0.2, 0.25) is 0 Å². The highest BCUT2D eigenvalue weighted by molar-refractivity contribution is 5.99. The average Bonchev–Trinajstić information content (AvgIpc) is 3.56. The number of hydrogen-bond donors (Lipinski definition) is 0. The van der Waals surface area contributed by atoms with Gasteiger partial charge in [-0.05, 0) is 74.6 Å². The van der Waals surface area contributed by atoms with Gasteiger partial charge in [-0.25, -0.2) is 14.4 Å². The van der Waals surface area contributed by atoms with Crippen LogP contribution in [-0.2, 0) is 23.8 Å². The van der Waals surface area contributed by atoms with Crippen molar-refractivity contribution in [1.29, 1.82) is 0 Å². The van der Waals surface area contributed by atoms with Gasteiger partial charge < -0.3 is 28.1 Å². The monoisotopic (exact) mass is 644 g/mol. The Bertz CT molecular complexity index is 1710. The highest BCUT2D eigenvalue weighted by atomic mass is 16.6. The fourth-order valence-electron chi connectivity index (χ4n) is 5.89. The van der Waals surface area contributed by atoms with Crippen molar-refractivity contribution in [3.63, 3.8) is 0 Å². The van der Waals surface area contributed by atoms with Gasteiger partial charge in [0.15, 0.2) is 0 Å². The van der Waals surface area contributed by atoms with E-state index in [4.69, 9.17) is 28.1 Å². The van der Waals surface area contributed by atoms with Crippen LogP contribution in [0.25, 0.3) is 17.4 Å². The van der Waals surface area contributed by atoms with Crippen LogP contribution in [0.2, 0.25) is 0 Å². The minimum Gasteiger partial charge on any atom is -0.495 e. The third kappa shape index (κ3) is 7.29. The van der Waals surface area contributed by atoms with Crippen molar-refractivity contribution in [2.45, 2.75) is 63.9 Å². The van der Waals surface area contributed by atoms with E-state index in [1.54, 1.807) is 31.2 Å². The first-order valence-electron chi connectivity index (χ1n) is 15.4. The Labute approximate surface area is 271 Å². The van der Waals surface area contributed by atoms with E-state index in [1.165, 1.54) is 39.5 Å². The van der Waals surface area contributed by atoms with Crippen molar-refractivity contribution in [3.8, 4) is 22.8 Å². The second-order valence-electron chi connectivity index (χ2n) is 11.4. The van der Waals surface area contributed by atoms with Crippen LogP contribution in [-0.4, -0.2) is 57.1 Å². The van der Waals surface area contributed by atoms with E-state index in [2.05, 4.69) is 0 Å². The van der Waals surface area contributed by atoms with Gasteiger partial charge in [0, 0.05) is 24.0 Å². The normalized spacial score (nSPS) is 18.6. The molecule has 0 N–H and O–H groups in total. The van der Waals surface area contributed by atoms with Gasteiger partial charge in [-0.2, -0.15) is 0 Å². The first-order valence-corrected chi connectivity index (χ1v) is 15.4. The lowest BCUT2D eigenvalue weighted by molar-refractivity contribution is -0.135. The summed E-state index contributed by atoms with van der Waals surface area (Å²) in [7, 11) is 3.90.